The first-order valence-corrected chi connectivity index (χ1v) is 8.39. The number of carbonyl (C=O) groups excluding carboxylic acids is 1. The van der Waals surface area contributed by atoms with E-state index in [0.717, 1.165) is 46.2 Å². The Morgan fingerprint density at radius 2 is 2.30 bits per heavy atom. The number of methoxy groups -OCH3 is 1. The van der Waals surface area contributed by atoms with Gasteiger partial charge in [-0.1, -0.05) is 6.07 Å². The van der Waals surface area contributed by atoms with E-state index < -0.39 is 0 Å². The van der Waals surface area contributed by atoms with Gasteiger partial charge < -0.3 is 15.4 Å². The second kappa shape index (κ2) is 5.47. The number of carbonyl (C=O) groups is 1. The summed E-state index contributed by atoms with van der Waals surface area (Å²) >= 11 is 1.47. The zero-order valence-electron chi connectivity index (χ0n) is 12.8. The Hall–Kier alpha value is -2.18. The Morgan fingerprint density at radius 1 is 1.43 bits per heavy atom. The Labute approximate surface area is 137 Å². The number of nitrogens with zero attached hydrogens (tertiary/aromatic N) is 2. The smallest absolute Gasteiger partial charge is 0.350 e. The monoisotopic (exact) mass is 327 g/mol. The van der Waals surface area contributed by atoms with Crippen molar-refractivity contribution in [3.8, 4) is 0 Å². The van der Waals surface area contributed by atoms with E-state index in [1.54, 1.807) is 6.20 Å². The van der Waals surface area contributed by atoms with E-state index in [9.17, 15) is 4.79 Å². The topological polar surface area (TPSA) is 68.5 Å². The molecule has 3 aromatic rings. The number of anilines is 1. The molecule has 1 fully saturated rings. The lowest BCUT2D eigenvalue weighted by atomic mass is 10.1. The molecule has 0 spiro atoms. The largest absolute Gasteiger partial charge is 0.465 e. The van der Waals surface area contributed by atoms with Crippen LogP contribution in [0.5, 0.6) is 0 Å². The van der Waals surface area contributed by atoms with Gasteiger partial charge in [-0.2, -0.15) is 0 Å². The molecule has 118 valence electrons. The van der Waals surface area contributed by atoms with E-state index in [0.29, 0.717) is 4.88 Å². The quantitative estimate of drug-likeness (QED) is 0.733. The van der Waals surface area contributed by atoms with E-state index in [1.165, 1.54) is 18.4 Å². The van der Waals surface area contributed by atoms with E-state index in [4.69, 9.17) is 10.5 Å². The zero-order valence-corrected chi connectivity index (χ0v) is 13.6. The summed E-state index contributed by atoms with van der Waals surface area (Å²) in [5.41, 5.74) is 7.96. The summed E-state index contributed by atoms with van der Waals surface area (Å²) < 4.78 is 6.07. The maximum absolute atomic E-state index is 12.3. The predicted molar refractivity (Wildman–Crippen MR) is 93.3 cm³/mol. The van der Waals surface area contributed by atoms with Crippen LogP contribution in [0, 0.1) is 0 Å². The minimum Gasteiger partial charge on any atom is -0.465 e. The fourth-order valence-electron chi connectivity index (χ4n) is 3.26. The van der Waals surface area contributed by atoms with Crippen LogP contribution in [0.1, 0.15) is 16.1 Å². The summed E-state index contributed by atoms with van der Waals surface area (Å²) in [7, 11) is 1.42. The van der Waals surface area contributed by atoms with E-state index in [-0.39, 0.29) is 12.0 Å². The minimum absolute atomic E-state index is 0.142. The highest BCUT2D eigenvalue weighted by Gasteiger charge is 2.29. The fraction of sp³-hybridized carbons (Fsp3) is 0.294. The highest BCUT2D eigenvalue weighted by Crippen LogP contribution is 2.43. The van der Waals surface area contributed by atoms with Crippen LogP contribution in [0.3, 0.4) is 0 Å². The van der Waals surface area contributed by atoms with Gasteiger partial charge in [-0.15, -0.1) is 11.3 Å². The van der Waals surface area contributed by atoms with Crippen LogP contribution in [-0.2, 0) is 4.74 Å². The van der Waals surface area contributed by atoms with Crippen molar-refractivity contribution >= 4 is 44.0 Å². The van der Waals surface area contributed by atoms with Crippen molar-refractivity contribution < 1.29 is 9.53 Å². The fourth-order valence-corrected chi connectivity index (χ4v) is 4.42. The Morgan fingerprint density at radius 3 is 3.04 bits per heavy atom. The third-order valence-corrected chi connectivity index (χ3v) is 5.45. The van der Waals surface area contributed by atoms with Gasteiger partial charge in [0.05, 0.1) is 18.3 Å². The number of hydrogen-bond acceptors (Lipinski definition) is 6. The van der Waals surface area contributed by atoms with Crippen molar-refractivity contribution in [1.82, 2.24) is 4.98 Å². The van der Waals surface area contributed by atoms with Gasteiger partial charge in [-0.05, 0) is 24.6 Å². The van der Waals surface area contributed by atoms with Crippen molar-refractivity contribution in [1.29, 1.82) is 0 Å². The molecule has 5 nitrogen and oxygen atoms in total. The molecular weight excluding hydrogens is 310 g/mol. The molecule has 0 amide bonds. The first-order chi connectivity index (χ1) is 11.2. The van der Waals surface area contributed by atoms with Crippen LogP contribution >= 0.6 is 11.3 Å². The molecule has 1 atom stereocenters. The molecule has 0 bridgehead atoms. The minimum atomic E-state index is -0.293. The predicted octanol–water partition coefficient (Wildman–Crippen LogP) is 2.77. The lowest BCUT2D eigenvalue weighted by Crippen LogP contribution is -2.27. The molecule has 1 aromatic carbocycles. The average molecular weight is 327 g/mol. The Bertz CT molecular complexity index is 905. The van der Waals surface area contributed by atoms with Crippen molar-refractivity contribution in [3.63, 3.8) is 0 Å². The van der Waals surface area contributed by atoms with Gasteiger partial charge in [0.1, 0.15) is 4.88 Å². The molecule has 1 aliphatic rings. The molecule has 4 rings (SSSR count). The molecule has 0 aliphatic carbocycles. The van der Waals surface area contributed by atoms with Gasteiger partial charge >= 0.3 is 5.97 Å². The van der Waals surface area contributed by atoms with Crippen LogP contribution in [0.15, 0.2) is 30.5 Å². The van der Waals surface area contributed by atoms with Crippen molar-refractivity contribution in [2.75, 3.05) is 25.1 Å². The molecule has 0 unspecified atom stereocenters. The summed E-state index contributed by atoms with van der Waals surface area (Å²) in [6, 6.07) is 8.15. The lowest BCUT2D eigenvalue weighted by Gasteiger charge is -2.19. The molecular formula is C17H17N3O2S. The normalized spacial score (nSPS) is 18.0. The maximum atomic E-state index is 12.3. The first-order valence-electron chi connectivity index (χ1n) is 7.58. The molecule has 6 heteroatoms. The van der Waals surface area contributed by atoms with Crippen molar-refractivity contribution in [2.24, 2.45) is 5.73 Å². The van der Waals surface area contributed by atoms with E-state index >= 15 is 0 Å². The van der Waals surface area contributed by atoms with Gasteiger partial charge in [0.2, 0.25) is 0 Å². The third kappa shape index (κ3) is 2.26. The van der Waals surface area contributed by atoms with Gasteiger partial charge in [-0.3, -0.25) is 4.98 Å². The molecule has 0 saturated carbocycles. The molecule has 2 N–H and O–H groups in total. The van der Waals surface area contributed by atoms with E-state index in [2.05, 4.69) is 16.0 Å². The number of aromatic nitrogens is 1. The second-order valence-corrected chi connectivity index (χ2v) is 6.83. The Kier molecular flexibility index (Phi) is 3.43. The van der Waals surface area contributed by atoms with Crippen LogP contribution in [0.4, 0.5) is 5.69 Å². The van der Waals surface area contributed by atoms with Crippen LogP contribution < -0.4 is 10.6 Å². The number of nitrogens with two attached hydrogens (primary N) is 1. The number of thiophene rings is 1. The van der Waals surface area contributed by atoms with E-state index in [1.807, 2.05) is 18.2 Å². The van der Waals surface area contributed by atoms with Gasteiger partial charge in [0.15, 0.2) is 0 Å². The zero-order chi connectivity index (χ0) is 16.0. The van der Waals surface area contributed by atoms with Gasteiger partial charge in [0.25, 0.3) is 0 Å². The highest BCUT2D eigenvalue weighted by molar-refractivity contribution is 7.21. The average Bonchev–Trinajstić information content (AvgIpc) is 3.17. The summed E-state index contributed by atoms with van der Waals surface area (Å²) in [4.78, 5) is 19.6. The molecule has 2 aromatic heterocycles. The summed E-state index contributed by atoms with van der Waals surface area (Å²) in [6.45, 7) is 1.61. The second-order valence-electron chi connectivity index (χ2n) is 5.77. The number of esters is 1. The standard InChI is InChI=1S/C17H17N3O2S/c1-22-17(21)16-15(20-8-6-10(18)9-20)14-11-3-2-7-19-12(11)4-5-13(14)23-16/h2-5,7,10H,6,8-9,18H2,1H3/t10-/m1/s1. The van der Waals surface area contributed by atoms with Crippen molar-refractivity contribution in [2.45, 2.75) is 12.5 Å². The summed E-state index contributed by atoms with van der Waals surface area (Å²) in [5, 5.41) is 2.14. The van der Waals surface area contributed by atoms with Crippen molar-refractivity contribution in [3.05, 3.63) is 35.3 Å². The summed E-state index contributed by atoms with van der Waals surface area (Å²) in [5.74, 6) is -0.293. The van der Waals surface area contributed by atoms with Crippen LogP contribution in [0.25, 0.3) is 21.0 Å². The third-order valence-electron chi connectivity index (χ3n) is 4.32. The first kappa shape index (κ1) is 14.4. The van der Waals surface area contributed by atoms with Gasteiger partial charge in [-0.25, -0.2) is 4.79 Å². The number of rotatable bonds is 2. The number of ether oxygens (including phenoxy) is 1. The SMILES string of the molecule is COC(=O)c1sc2ccc3ncccc3c2c1N1CC[C@@H](N)C1. The molecule has 0 radical (unpaired) electrons. The Balaban J connectivity index is 2.05. The van der Waals surface area contributed by atoms with Gasteiger partial charge in [0, 0.05) is 40.8 Å². The molecule has 3 heterocycles. The highest BCUT2D eigenvalue weighted by atomic mass is 32.1. The van der Waals surface area contributed by atoms with Crippen LogP contribution in [0.2, 0.25) is 0 Å². The number of benzene rings is 1. The maximum Gasteiger partial charge on any atom is 0.350 e. The molecule has 1 aliphatic heterocycles. The number of fused-ring (bicyclic) bond motifs is 3. The number of hydrogen-bond donors (Lipinski definition) is 1. The number of pyridine rings is 1. The molecule has 23 heavy (non-hydrogen) atoms. The van der Waals surface area contributed by atoms with Crippen LogP contribution in [-0.4, -0.2) is 37.2 Å². The molecule has 1 saturated heterocycles. The summed E-state index contributed by atoms with van der Waals surface area (Å²) in [6.07, 6.45) is 2.72. The lowest BCUT2D eigenvalue weighted by molar-refractivity contribution is 0.0607.